The molecule has 0 saturated carbocycles. The lowest BCUT2D eigenvalue weighted by atomic mass is 10.3. The number of rotatable bonds is 6. The summed E-state index contributed by atoms with van der Waals surface area (Å²) in [6.07, 6.45) is 0.0276. The minimum Gasteiger partial charge on any atom is -0.494 e. The smallest absolute Gasteiger partial charge is 0.262 e. The third kappa shape index (κ3) is 4.35. The molecular formula is C16H18FNO4S. The van der Waals surface area contributed by atoms with Gasteiger partial charge in [0.1, 0.15) is 5.75 Å². The van der Waals surface area contributed by atoms with Gasteiger partial charge in [0.2, 0.25) is 0 Å². The van der Waals surface area contributed by atoms with Crippen molar-refractivity contribution in [3.05, 3.63) is 48.3 Å². The lowest BCUT2D eigenvalue weighted by Crippen LogP contribution is -2.13. The molecule has 1 N–H and O–H groups in total. The average molecular weight is 339 g/mol. The minimum atomic E-state index is -3.88. The molecule has 124 valence electrons. The Morgan fingerprint density at radius 3 is 2.26 bits per heavy atom. The summed E-state index contributed by atoms with van der Waals surface area (Å²) in [5.74, 6) is -0.117. The second kappa shape index (κ2) is 6.87. The third-order valence-electron chi connectivity index (χ3n) is 2.91. The van der Waals surface area contributed by atoms with Crippen LogP contribution >= 0.6 is 0 Å². The van der Waals surface area contributed by atoms with E-state index in [0.717, 1.165) is 6.07 Å². The topological polar surface area (TPSA) is 64.6 Å². The van der Waals surface area contributed by atoms with E-state index in [4.69, 9.17) is 9.47 Å². The van der Waals surface area contributed by atoms with E-state index in [9.17, 15) is 12.8 Å². The summed E-state index contributed by atoms with van der Waals surface area (Å²) in [4.78, 5) is -0.182. The molecule has 0 atom stereocenters. The Balaban J connectivity index is 2.19. The van der Waals surface area contributed by atoms with Crippen LogP contribution in [0.3, 0.4) is 0 Å². The maximum Gasteiger partial charge on any atom is 0.262 e. The zero-order valence-corrected chi connectivity index (χ0v) is 13.9. The van der Waals surface area contributed by atoms with E-state index in [1.54, 1.807) is 24.3 Å². The third-order valence-corrected chi connectivity index (χ3v) is 4.29. The molecule has 0 amide bonds. The number of methoxy groups -OCH3 is 1. The number of hydrogen-bond donors (Lipinski definition) is 1. The quantitative estimate of drug-likeness (QED) is 0.876. The molecule has 0 aliphatic heterocycles. The second-order valence-corrected chi connectivity index (χ2v) is 6.78. The predicted octanol–water partition coefficient (Wildman–Crippen LogP) is 3.42. The number of halogens is 1. The van der Waals surface area contributed by atoms with Gasteiger partial charge in [0, 0.05) is 5.69 Å². The summed E-state index contributed by atoms with van der Waals surface area (Å²) in [5.41, 5.74) is 0.359. The van der Waals surface area contributed by atoms with E-state index in [1.165, 1.54) is 19.2 Å². The van der Waals surface area contributed by atoms with Crippen molar-refractivity contribution in [3.63, 3.8) is 0 Å². The standard InChI is InChI=1S/C16H18FNO4S/c1-11(2)22-13-6-4-12(5-7-13)18-23(19,20)14-8-9-16(21-3)15(17)10-14/h4-11,18H,1-3H3. The first-order chi connectivity index (χ1) is 10.8. The highest BCUT2D eigenvalue weighted by atomic mass is 32.2. The lowest BCUT2D eigenvalue weighted by molar-refractivity contribution is 0.242. The Hall–Kier alpha value is -2.28. The molecule has 0 heterocycles. The van der Waals surface area contributed by atoms with Crippen molar-refractivity contribution in [1.29, 1.82) is 0 Å². The summed E-state index contributed by atoms with van der Waals surface area (Å²) in [6.45, 7) is 3.80. The highest BCUT2D eigenvalue weighted by molar-refractivity contribution is 7.92. The summed E-state index contributed by atoms with van der Waals surface area (Å²) in [5, 5.41) is 0. The van der Waals surface area contributed by atoms with Crippen molar-refractivity contribution >= 4 is 15.7 Å². The zero-order chi connectivity index (χ0) is 17.0. The number of sulfonamides is 1. The summed E-state index contributed by atoms with van der Waals surface area (Å²) in [6, 6.07) is 9.94. The fourth-order valence-electron chi connectivity index (χ4n) is 1.90. The monoisotopic (exact) mass is 339 g/mol. The summed E-state index contributed by atoms with van der Waals surface area (Å²) >= 11 is 0. The molecule has 2 rings (SSSR count). The highest BCUT2D eigenvalue weighted by Crippen LogP contribution is 2.23. The maximum atomic E-state index is 13.7. The van der Waals surface area contributed by atoms with Gasteiger partial charge in [-0.1, -0.05) is 0 Å². The Labute approximate surface area is 135 Å². The summed E-state index contributed by atoms with van der Waals surface area (Å²) in [7, 11) is -2.57. The van der Waals surface area contributed by atoms with E-state index in [2.05, 4.69) is 4.72 Å². The SMILES string of the molecule is COc1ccc(S(=O)(=O)Nc2ccc(OC(C)C)cc2)cc1F. The molecule has 0 saturated heterocycles. The van der Waals surface area contributed by atoms with Gasteiger partial charge in [-0.05, 0) is 56.3 Å². The van der Waals surface area contributed by atoms with E-state index >= 15 is 0 Å². The molecule has 2 aromatic rings. The first kappa shape index (κ1) is 17.1. The first-order valence-corrected chi connectivity index (χ1v) is 8.43. The van der Waals surface area contributed by atoms with Crippen molar-refractivity contribution in [2.45, 2.75) is 24.8 Å². The van der Waals surface area contributed by atoms with Gasteiger partial charge in [-0.3, -0.25) is 4.72 Å². The van der Waals surface area contributed by atoms with Crippen LogP contribution in [0.5, 0.6) is 11.5 Å². The van der Waals surface area contributed by atoms with Crippen LogP contribution in [0.25, 0.3) is 0 Å². The van der Waals surface area contributed by atoms with Crippen LogP contribution in [0.15, 0.2) is 47.4 Å². The molecule has 0 aliphatic rings. The van der Waals surface area contributed by atoms with Gasteiger partial charge in [0.25, 0.3) is 10.0 Å². The molecule has 2 aromatic carbocycles. The van der Waals surface area contributed by atoms with Crippen molar-refractivity contribution < 1.29 is 22.3 Å². The van der Waals surface area contributed by atoms with E-state index in [0.29, 0.717) is 11.4 Å². The zero-order valence-electron chi connectivity index (χ0n) is 13.0. The average Bonchev–Trinajstić information content (AvgIpc) is 2.48. The first-order valence-electron chi connectivity index (χ1n) is 6.95. The normalized spacial score (nSPS) is 11.3. The molecule has 7 heteroatoms. The number of hydrogen-bond acceptors (Lipinski definition) is 4. The van der Waals surface area contributed by atoms with Crippen molar-refractivity contribution in [2.24, 2.45) is 0 Å². The Morgan fingerprint density at radius 1 is 1.09 bits per heavy atom. The van der Waals surface area contributed by atoms with Crippen molar-refractivity contribution in [1.82, 2.24) is 0 Å². The molecule has 0 aliphatic carbocycles. The summed E-state index contributed by atoms with van der Waals surface area (Å²) < 4.78 is 50.8. The number of nitrogens with one attached hydrogen (secondary N) is 1. The lowest BCUT2D eigenvalue weighted by Gasteiger charge is -2.12. The molecule has 0 spiro atoms. The van der Waals surface area contributed by atoms with Crippen LogP contribution in [0.1, 0.15) is 13.8 Å². The van der Waals surface area contributed by atoms with Gasteiger partial charge in [-0.2, -0.15) is 0 Å². The number of benzene rings is 2. The van der Waals surface area contributed by atoms with Gasteiger partial charge in [-0.25, -0.2) is 12.8 Å². The van der Waals surface area contributed by atoms with Crippen LogP contribution in [0.4, 0.5) is 10.1 Å². The molecule has 0 aromatic heterocycles. The molecule has 0 fully saturated rings. The largest absolute Gasteiger partial charge is 0.494 e. The Bertz CT molecular complexity index is 773. The molecule has 0 radical (unpaired) electrons. The van der Waals surface area contributed by atoms with Crippen LogP contribution in [-0.2, 0) is 10.0 Å². The second-order valence-electron chi connectivity index (χ2n) is 5.09. The van der Waals surface area contributed by atoms with Gasteiger partial charge in [0.15, 0.2) is 11.6 Å². The van der Waals surface area contributed by atoms with E-state index in [1.807, 2.05) is 13.8 Å². The van der Waals surface area contributed by atoms with Crippen LogP contribution in [-0.4, -0.2) is 21.6 Å². The van der Waals surface area contributed by atoms with Crippen molar-refractivity contribution in [3.8, 4) is 11.5 Å². The van der Waals surface area contributed by atoms with Crippen LogP contribution in [0.2, 0.25) is 0 Å². The Kier molecular flexibility index (Phi) is 5.10. The van der Waals surface area contributed by atoms with Crippen LogP contribution < -0.4 is 14.2 Å². The molecule has 23 heavy (non-hydrogen) atoms. The Morgan fingerprint density at radius 2 is 1.74 bits per heavy atom. The van der Waals surface area contributed by atoms with Gasteiger partial charge in [0.05, 0.1) is 18.1 Å². The number of anilines is 1. The number of ether oxygens (including phenoxy) is 2. The highest BCUT2D eigenvalue weighted by Gasteiger charge is 2.17. The maximum absolute atomic E-state index is 13.7. The van der Waals surface area contributed by atoms with Gasteiger partial charge < -0.3 is 9.47 Å². The fourth-order valence-corrected chi connectivity index (χ4v) is 2.97. The van der Waals surface area contributed by atoms with E-state index < -0.39 is 15.8 Å². The fraction of sp³-hybridized carbons (Fsp3) is 0.250. The predicted molar refractivity (Wildman–Crippen MR) is 86.0 cm³/mol. The molecular weight excluding hydrogens is 321 g/mol. The van der Waals surface area contributed by atoms with Crippen molar-refractivity contribution in [2.75, 3.05) is 11.8 Å². The van der Waals surface area contributed by atoms with Crippen LogP contribution in [0, 0.1) is 5.82 Å². The van der Waals surface area contributed by atoms with Gasteiger partial charge in [-0.15, -0.1) is 0 Å². The molecule has 0 bridgehead atoms. The van der Waals surface area contributed by atoms with E-state index in [-0.39, 0.29) is 16.7 Å². The molecule has 5 nitrogen and oxygen atoms in total. The molecule has 0 unspecified atom stereocenters. The minimum absolute atomic E-state index is 0.0147. The van der Waals surface area contributed by atoms with Gasteiger partial charge >= 0.3 is 0 Å².